The summed E-state index contributed by atoms with van der Waals surface area (Å²) in [5.41, 5.74) is 1.02. The highest BCUT2D eigenvalue weighted by atomic mass is 16.2. The Balaban J connectivity index is 1.91. The predicted molar refractivity (Wildman–Crippen MR) is 82.9 cm³/mol. The highest BCUT2D eigenvalue weighted by molar-refractivity contribution is 5.97. The molecule has 120 valence electrons. The number of nitrogens with zero attached hydrogens (tertiary/aromatic N) is 2. The Morgan fingerprint density at radius 3 is 2.55 bits per heavy atom. The van der Waals surface area contributed by atoms with E-state index in [1.807, 2.05) is 25.3 Å². The molecule has 2 aliphatic rings. The molecule has 0 unspecified atom stereocenters. The van der Waals surface area contributed by atoms with Crippen LogP contribution in [-0.4, -0.2) is 32.9 Å². The smallest absolute Gasteiger partial charge is 0.287 e. The fraction of sp³-hybridized carbons (Fsp3) is 0.688. The van der Waals surface area contributed by atoms with Gasteiger partial charge in [-0.3, -0.25) is 9.59 Å². The lowest BCUT2D eigenvalue weighted by Crippen LogP contribution is -2.42. The molecule has 6 heteroatoms. The van der Waals surface area contributed by atoms with Crippen molar-refractivity contribution in [3.05, 3.63) is 17.2 Å². The topological polar surface area (TPSA) is 76.0 Å². The zero-order valence-electron chi connectivity index (χ0n) is 13.5. The number of fused-ring (bicyclic) bond motifs is 1. The van der Waals surface area contributed by atoms with Crippen LogP contribution in [0.15, 0.2) is 0 Å². The summed E-state index contributed by atoms with van der Waals surface area (Å²) < 4.78 is 1.92. The van der Waals surface area contributed by atoms with E-state index in [-0.39, 0.29) is 17.4 Å². The van der Waals surface area contributed by atoms with Gasteiger partial charge in [0.25, 0.3) is 11.8 Å². The maximum atomic E-state index is 12.5. The van der Waals surface area contributed by atoms with E-state index >= 15 is 0 Å². The van der Waals surface area contributed by atoms with Crippen molar-refractivity contribution in [1.29, 1.82) is 0 Å². The average molecular weight is 304 g/mol. The first kappa shape index (κ1) is 15.1. The van der Waals surface area contributed by atoms with Crippen LogP contribution in [0.3, 0.4) is 0 Å². The van der Waals surface area contributed by atoms with Crippen LogP contribution in [0.25, 0.3) is 0 Å². The van der Waals surface area contributed by atoms with Gasteiger partial charge >= 0.3 is 0 Å². The summed E-state index contributed by atoms with van der Waals surface area (Å²) in [4.78, 5) is 29.2. The molecule has 2 heterocycles. The molecule has 2 N–H and O–H groups in total. The first-order chi connectivity index (χ1) is 10.3. The van der Waals surface area contributed by atoms with Gasteiger partial charge in [0, 0.05) is 18.1 Å². The van der Waals surface area contributed by atoms with Crippen LogP contribution in [0.1, 0.15) is 73.3 Å². The number of hydrogen-bond acceptors (Lipinski definition) is 3. The molecule has 3 rings (SSSR count). The minimum atomic E-state index is -0.325. The van der Waals surface area contributed by atoms with Crippen LogP contribution in [0.2, 0.25) is 0 Å². The molecule has 6 nitrogen and oxygen atoms in total. The molecular formula is C16H24N4O2. The van der Waals surface area contributed by atoms with Gasteiger partial charge in [-0.25, -0.2) is 4.98 Å². The van der Waals surface area contributed by atoms with Crippen LogP contribution in [-0.2, 0) is 13.0 Å². The average Bonchev–Trinajstić information content (AvgIpc) is 3.14. The molecule has 1 aliphatic carbocycles. The molecule has 0 radical (unpaired) electrons. The van der Waals surface area contributed by atoms with Gasteiger partial charge in [0.15, 0.2) is 5.82 Å². The second kappa shape index (κ2) is 5.41. The number of rotatable bonds is 3. The molecule has 2 amide bonds. The third-order valence-corrected chi connectivity index (χ3v) is 3.94. The molecule has 1 aromatic heterocycles. The van der Waals surface area contributed by atoms with Gasteiger partial charge in [0.2, 0.25) is 0 Å². The van der Waals surface area contributed by atoms with Crippen LogP contribution < -0.4 is 10.6 Å². The fourth-order valence-electron chi connectivity index (χ4n) is 2.78. The van der Waals surface area contributed by atoms with E-state index in [4.69, 9.17) is 0 Å². The molecule has 0 bridgehead atoms. The predicted octanol–water partition coefficient (Wildman–Crippen LogP) is 1.64. The van der Waals surface area contributed by atoms with Crippen molar-refractivity contribution >= 4 is 11.8 Å². The van der Waals surface area contributed by atoms with E-state index in [0.29, 0.717) is 17.6 Å². The molecular weight excluding hydrogens is 280 g/mol. The maximum Gasteiger partial charge on any atom is 0.287 e. The van der Waals surface area contributed by atoms with Crippen molar-refractivity contribution in [2.75, 3.05) is 0 Å². The van der Waals surface area contributed by atoms with Gasteiger partial charge < -0.3 is 15.2 Å². The van der Waals surface area contributed by atoms with Crippen molar-refractivity contribution < 1.29 is 9.59 Å². The molecule has 0 spiro atoms. The Labute approximate surface area is 130 Å². The van der Waals surface area contributed by atoms with Gasteiger partial charge in [0.1, 0.15) is 5.69 Å². The van der Waals surface area contributed by atoms with Gasteiger partial charge in [0.05, 0.1) is 5.69 Å². The Bertz CT molecular complexity index is 608. The Hall–Kier alpha value is -1.85. The van der Waals surface area contributed by atoms with Crippen molar-refractivity contribution in [1.82, 2.24) is 20.2 Å². The number of carbonyl (C=O) groups is 2. The molecule has 1 saturated carbocycles. The van der Waals surface area contributed by atoms with E-state index in [1.54, 1.807) is 0 Å². The minimum absolute atomic E-state index is 0.136. The number of nitrogens with one attached hydrogen (secondary N) is 2. The summed E-state index contributed by atoms with van der Waals surface area (Å²) >= 11 is 0. The van der Waals surface area contributed by atoms with E-state index in [1.165, 1.54) is 0 Å². The lowest BCUT2D eigenvalue weighted by atomic mass is 10.1. The molecule has 0 saturated heterocycles. The van der Waals surface area contributed by atoms with Crippen LogP contribution in [0.5, 0.6) is 0 Å². The summed E-state index contributed by atoms with van der Waals surface area (Å²) in [6.07, 6.45) is 4.94. The summed E-state index contributed by atoms with van der Waals surface area (Å²) in [5, 5.41) is 5.91. The normalized spacial score (nSPS) is 17.8. The van der Waals surface area contributed by atoms with E-state index in [9.17, 15) is 9.59 Å². The number of imidazole rings is 1. The maximum absolute atomic E-state index is 12.5. The highest BCUT2D eigenvalue weighted by Crippen LogP contribution is 2.24. The Morgan fingerprint density at radius 2 is 1.91 bits per heavy atom. The summed E-state index contributed by atoms with van der Waals surface area (Å²) in [5.74, 6) is 0.0228. The van der Waals surface area contributed by atoms with E-state index in [2.05, 4.69) is 15.6 Å². The molecule has 1 aromatic rings. The molecule has 22 heavy (non-hydrogen) atoms. The Morgan fingerprint density at radius 1 is 1.18 bits per heavy atom. The largest absolute Gasteiger partial charge is 0.348 e. The zero-order chi connectivity index (χ0) is 15.9. The number of carbonyl (C=O) groups excluding carboxylic acids is 2. The van der Waals surface area contributed by atoms with Crippen LogP contribution in [0, 0.1) is 0 Å². The minimum Gasteiger partial charge on any atom is -0.348 e. The van der Waals surface area contributed by atoms with Gasteiger partial charge in [-0.1, -0.05) is 0 Å². The second-order valence-corrected chi connectivity index (χ2v) is 7.29. The zero-order valence-corrected chi connectivity index (χ0v) is 13.5. The lowest BCUT2D eigenvalue weighted by Gasteiger charge is -2.22. The number of hydrogen-bond donors (Lipinski definition) is 2. The van der Waals surface area contributed by atoms with E-state index in [0.717, 1.165) is 44.3 Å². The summed E-state index contributed by atoms with van der Waals surface area (Å²) in [7, 11) is 0. The fourth-order valence-corrected chi connectivity index (χ4v) is 2.78. The number of amides is 2. The first-order valence-electron chi connectivity index (χ1n) is 8.08. The lowest BCUT2D eigenvalue weighted by molar-refractivity contribution is 0.0903. The summed E-state index contributed by atoms with van der Waals surface area (Å²) in [6.45, 7) is 6.56. The van der Waals surface area contributed by atoms with Crippen molar-refractivity contribution in [2.24, 2.45) is 0 Å². The highest BCUT2D eigenvalue weighted by Gasteiger charge is 2.31. The van der Waals surface area contributed by atoms with Gasteiger partial charge in [-0.15, -0.1) is 0 Å². The molecule has 1 fully saturated rings. The Kier molecular flexibility index (Phi) is 3.70. The van der Waals surface area contributed by atoms with Gasteiger partial charge in [-0.2, -0.15) is 0 Å². The van der Waals surface area contributed by atoms with E-state index < -0.39 is 0 Å². The summed E-state index contributed by atoms with van der Waals surface area (Å²) in [6, 6.07) is 0.292. The van der Waals surface area contributed by atoms with Crippen LogP contribution in [0.4, 0.5) is 0 Å². The standard InChI is InChI=1S/C16H24N4O2/c1-16(2,3)19-15(22)13-18-12(14(21)17-10-7-8-10)11-6-4-5-9-20(11)13/h10H,4-9H2,1-3H3,(H,17,21)(H,19,22). The third kappa shape index (κ3) is 3.15. The first-order valence-corrected chi connectivity index (χ1v) is 8.08. The van der Waals surface area contributed by atoms with Gasteiger partial charge in [-0.05, 0) is 52.9 Å². The third-order valence-electron chi connectivity index (χ3n) is 3.94. The SMILES string of the molecule is CC(C)(C)NC(=O)c1nc(C(=O)NC2CC2)c2n1CCCC2. The quantitative estimate of drug-likeness (QED) is 0.891. The second-order valence-electron chi connectivity index (χ2n) is 7.29. The number of aromatic nitrogens is 2. The van der Waals surface area contributed by atoms with Crippen molar-refractivity contribution in [3.8, 4) is 0 Å². The molecule has 1 aliphatic heterocycles. The van der Waals surface area contributed by atoms with Crippen molar-refractivity contribution in [3.63, 3.8) is 0 Å². The molecule has 0 atom stereocenters. The van der Waals surface area contributed by atoms with Crippen LogP contribution >= 0.6 is 0 Å². The van der Waals surface area contributed by atoms with Crippen molar-refractivity contribution in [2.45, 2.75) is 71.0 Å². The monoisotopic (exact) mass is 304 g/mol. The molecule has 0 aromatic carbocycles.